The predicted octanol–water partition coefficient (Wildman–Crippen LogP) is 11.6. The molecule has 1 aliphatic carbocycles. The zero-order chi connectivity index (χ0) is 31.4. The first kappa shape index (κ1) is 31.5. The Morgan fingerprint density at radius 2 is 1.45 bits per heavy atom. The first-order valence-electron chi connectivity index (χ1n) is 15.8. The van der Waals surface area contributed by atoms with Crippen LogP contribution in [0.4, 0.5) is 11.4 Å². The summed E-state index contributed by atoms with van der Waals surface area (Å²) in [5.74, 6) is 0.364. The van der Waals surface area contributed by atoms with Gasteiger partial charge in [-0.2, -0.15) is 4.58 Å². The minimum Gasteiger partial charge on any atom is -0.348 e. The fourth-order valence-corrected chi connectivity index (χ4v) is 6.50. The summed E-state index contributed by atoms with van der Waals surface area (Å²) in [7, 11) is 4.33. The maximum atomic E-state index is 7.13. The number of hydrogen-bond donors (Lipinski definition) is 0. The number of halogens is 1. The summed E-state index contributed by atoms with van der Waals surface area (Å²) in [4.78, 5) is 2.31. The molecule has 4 aromatic carbocycles. The van der Waals surface area contributed by atoms with Crippen molar-refractivity contribution in [3.05, 3.63) is 131 Å². The molecule has 5 rings (SSSR count). The van der Waals surface area contributed by atoms with Crippen LogP contribution >= 0.6 is 11.6 Å². The topological polar surface area (TPSA) is 6.25 Å². The SMILES string of the molecule is CC(C)/C(=C\C=C1/CCCC(/C=C/C(=[N+](C)c2ccc3ccccc3c2)C(C)(C)C)=C1Cl)N(C)c1ccc2ccccc2c1. The molecule has 4 aromatic rings. The van der Waals surface area contributed by atoms with Gasteiger partial charge < -0.3 is 4.90 Å². The number of rotatable bonds is 7. The van der Waals surface area contributed by atoms with E-state index in [1.54, 1.807) is 0 Å². The monoisotopic (exact) mass is 601 g/mol. The number of benzene rings is 4. The quantitative estimate of drug-likeness (QED) is 0.151. The van der Waals surface area contributed by atoms with Crippen LogP contribution in [0.5, 0.6) is 0 Å². The average Bonchev–Trinajstić information content (AvgIpc) is 3.01. The molecule has 0 radical (unpaired) electrons. The van der Waals surface area contributed by atoms with Crippen molar-refractivity contribution in [1.82, 2.24) is 0 Å². The first-order chi connectivity index (χ1) is 21.0. The third-order valence-corrected chi connectivity index (χ3v) is 9.19. The Bertz CT molecular complexity index is 1820. The Hall–Kier alpha value is -3.88. The highest BCUT2D eigenvalue weighted by Gasteiger charge is 2.26. The van der Waals surface area contributed by atoms with Crippen LogP contribution in [0.2, 0.25) is 0 Å². The second kappa shape index (κ2) is 13.4. The number of anilines is 1. The number of hydrogen-bond acceptors (Lipinski definition) is 1. The van der Waals surface area contributed by atoms with Gasteiger partial charge in [-0.3, -0.25) is 0 Å². The Morgan fingerprint density at radius 1 is 0.841 bits per heavy atom. The van der Waals surface area contributed by atoms with E-state index >= 15 is 0 Å². The smallest absolute Gasteiger partial charge is 0.205 e. The van der Waals surface area contributed by atoms with E-state index in [0.717, 1.165) is 24.3 Å². The number of fused-ring (bicyclic) bond motifs is 2. The second-order valence-electron chi connectivity index (χ2n) is 13.3. The molecule has 0 aromatic heterocycles. The molecule has 0 amide bonds. The minimum absolute atomic E-state index is 0.0421. The van der Waals surface area contributed by atoms with Crippen LogP contribution in [0.25, 0.3) is 21.5 Å². The maximum absolute atomic E-state index is 7.13. The molecule has 0 saturated heterocycles. The van der Waals surface area contributed by atoms with Gasteiger partial charge >= 0.3 is 0 Å². The van der Waals surface area contributed by atoms with E-state index in [-0.39, 0.29) is 5.41 Å². The number of nitrogens with zero attached hydrogens (tertiary/aromatic N) is 2. The normalized spacial score (nSPS) is 16.5. The summed E-state index contributed by atoms with van der Waals surface area (Å²) < 4.78 is 2.32. The Morgan fingerprint density at radius 3 is 2.09 bits per heavy atom. The molecule has 0 spiro atoms. The summed E-state index contributed by atoms with van der Waals surface area (Å²) in [6.07, 6.45) is 12.1. The van der Waals surface area contributed by atoms with Gasteiger partial charge in [0, 0.05) is 47.1 Å². The molecule has 0 bridgehead atoms. The maximum Gasteiger partial charge on any atom is 0.205 e. The van der Waals surface area contributed by atoms with Crippen molar-refractivity contribution >= 4 is 50.2 Å². The van der Waals surface area contributed by atoms with Gasteiger partial charge in [0.15, 0.2) is 5.71 Å². The summed E-state index contributed by atoms with van der Waals surface area (Å²) in [6.45, 7) is 11.3. The zero-order valence-electron chi connectivity index (χ0n) is 27.4. The fourth-order valence-electron chi connectivity index (χ4n) is 6.19. The van der Waals surface area contributed by atoms with Gasteiger partial charge in [0.2, 0.25) is 5.69 Å². The molecular formula is C41H46ClN2+. The van der Waals surface area contributed by atoms with Crippen LogP contribution in [0, 0.1) is 11.3 Å². The van der Waals surface area contributed by atoms with E-state index in [9.17, 15) is 0 Å². The highest BCUT2D eigenvalue weighted by atomic mass is 35.5. The van der Waals surface area contributed by atoms with Gasteiger partial charge in [0.25, 0.3) is 0 Å². The molecule has 2 nitrogen and oxygen atoms in total. The van der Waals surface area contributed by atoms with E-state index in [1.807, 2.05) is 0 Å². The van der Waals surface area contributed by atoms with Gasteiger partial charge in [-0.05, 0) is 82.1 Å². The van der Waals surface area contributed by atoms with Crippen molar-refractivity contribution in [3.63, 3.8) is 0 Å². The molecule has 3 heteroatoms. The largest absolute Gasteiger partial charge is 0.348 e. The molecule has 1 aliphatic rings. The molecular weight excluding hydrogens is 556 g/mol. The van der Waals surface area contributed by atoms with Gasteiger partial charge in [-0.15, -0.1) is 0 Å². The Balaban J connectivity index is 1.45. The van der Waals surface area contributed by atoms with Crippen LogP contribution in [-0.2, 0) is 0 Å². The Labute approximate surface area is 269 Å². The highest BCUT2D eigenvalue weighted by molar-refractivity contribution is 6.32. The lowest BCUT2D eigenvalue weighted by Gasteiger charge is -2.26. The highest BCUT2D eigenvalue weighted by Crippen LogP contribution is 2.35. The van der Waals surface area contributed by atoms with Gasteiger partial charge in [-0.25, -0.2) is 0 Å². The Kier molecular flexibility index (Phi) is 9.61. The lowest BCUT2D eigenvalue weighted by atomic mass is 9.87. The zero-order valence-corrected chi connectivity index (χ0v) is 28.1. The van der Waals surface area contributed by atoms with Crippen molar-refractivity contribution in [2.24, 2.45) is 11.3 Å². The molecule has 44 heavy (non-hydrogen) atoms. The molecule has 0 fully saturated rings. The standard InChI is InChI=1S/C41H46ClN2/c1-29(2)38(43(6)36-23-19-30-13-8-10-15-34(30)27-36)25-21-32-17-12-18-33(40(32)42)22-26-39(41(3,4)5)44(7)37-24-20-31-14-9-11-16-35(31)28-37/h8-11,13-16,19-29H,12,17-18H2,1-7H3/q+1. The molecule has 0 heterocycles. The van der Waals surface area contributed by atoms with Crippen molar-refractivity contribution in [3.8, 4) is 0 Å². The van der Waals surface area contributed by atoms with Crippen molar-refractivity contribution in [2.45, 2.75) is 53.9 Å². The van der Waals surface area contributed by atoms with Crippen LogP contribution in [-0.4, -0.2) is 24.4 Å². The lowest BCUT2D eigenvalue weighted by Crippen LogP contribution is -2.26. The van der Waals surface area contributed by atoms with Crippen LogP contribution in [0.1, 0.15) is 53.9 Å². The lowest BCUT2D eigenvalue weighted by molar-refractivity contribution is -0.408. The van der Waals surface area contributed by atoms with Crippen molar-refractivity contribution in [1.29, 1.82) is 0 Å². The van der Waals surface area contributed by atoms with E-state index in [4.69, 9.17) is 11.6 Å². The van der Waals surface area contributed by atoms with Gasteiger partial charge in [-0.1, -0.05) is 113 Å². The molecule has 0 N–H and O–H groups in total. The molecule has 0 saturated carbocycles. The summed E-state index contributed by atoms with van der Waals surface area (Å²) in [5.41, 5.74) is 7.27. The third kappa shape index (κ3) is 7.08. The fraction of sp³-hybridized carbons (Fsp3) is 0.293. The predicted molar refractivity (Wildman–Crippen MR) is 193 cm³/mol. The average molecular weight is 602 g/mol. The van der Waals surface area contributed by atoms with E-state index in [1.165, 1.54) is 55.5 Å². The molecule has 0 unspecified atom stereocenters. The minimum atomic E-state index is -0.0421. The van der Waals surface area contributed by atoms with Crippen LogP contribution in [0.3, 0.4) is 0 Å². The first-order valence-corrected chi connectivity index (χ1v) is 16.2. The van der Waals surface area contributed by atoms with Crippen LogP contribution in [0.15, 0.2) is 131 Å². The van der Waals surface area contributed by atoms with Crippen LogP contribution < -0.4 is 4.90 Å². The van der Waals surface area contributed by atoms with Crippen molar-refractivity contribution in [2.75, 3.05) is 19.0 Å². The summed E-state index contributed by atoms with van der Waals surface area (Å²) >= 11 is 7.13. The molecule has 226 valence electrons. The third-order valence-electron chi connectivity index (χ3n) is 8.70. The van der Waals surface area contributed by atoms with Gasteiger partial charge in [0.05, 0.1) is 0 Å². The summed E-state index contributed by atoms with van der Waals surface area (Å²) in [6, 6.07) is 30.4. The van der Waals surface area contributed by atoms with E-state index in [0.29, 0.717) is 5.92 Å². The number of allylic oxidation sites excluding steroid dienone is 8. The van der Waals surface area contributed by atoms with E-state index < -0.39 is 0 Å². The van der Waals surface area contributed by atoms with E-state index in [2.05, 4.69) is 167 Å². The van der Waals surface area contributed by atoms with Crippen molar-refractivity contribution < 1.29 is 4.58 Å². The molecule has 0 atom stereocenters. The van der Waals surface area contributed by atoms with Gasteiger partial charge in [0.1, 0.15) is 7.05 Å². The second-order valence-corrected chi connectivity index (χ2v) is 13.7. The summed E-state index contributed by atoms with van der Waals surface area (Å²) in [5, 5.41) is 5.92. The molecule has 0 aliphatic heterocycles.